The molecule has 0 atom stereocenters. The Kier molecular flexibility index (Phi) is 9.28. The number of hydrogen-bond donors (Lipinski definition) is 5. The lowest BCUT2D eigenvalue weighted by molar-refractivity contribution is -0.432. The Labute approximate surface area is 259 Å². The predicted molar refractivity (Wildman–Crippen MR) is 164 cm³/mol. The molecule has 0 aliphatic carbocycles. The number of nitrogens with one attached hydrogen (secondary N) is 2. The van der Waals surface area contributed by atoms with E-state index in [9.17, 15) is 22.9 Å². The highest BCUT2D eigenvalue weighted by atomic mass is 32.2. The summed E-state index contributed by atoms with van der Waals surface area (Å²) in [6.45, 7) is 3.43. The van der Waals surface area contributed by atoms with Gasteiger partial charge in [0.1, 0.15) is 17.3 Å². The second kappa shape index (κ2) is 13.3. The van der Waals surface area contributed by atoms with Gasteiger partial charge in [-0.1, -0.05) is 29.3 Å². The maximum Gasteiger partial charge on any atom is 0.294 e. The molecule has 5 rings (SSSR count). The quantitative estimate of drug-likeness (QED) is 0.0362. The minimum absolute atomic E-state index is 0.0301. The van der Waals surface area contributed by atoms with Crippen LogP contribution < -0.4 is 10.6 Å². The van der Waals surface area contributed by atoms with Crippen LogP contribution in [-0.2, 0) is 19.5 Å². The number of amides is 1. The molecule has 0 aliphatic rings. The molecule has 1 amide bonds. The van der Waals surface area contributed by atoms with Crippen LogP contribution in [0.15, 0.2) is 92.8 Å². The van der Waals surface area contributed by atoms with E-state index in [1.165, 1.54) is 18.2 Å². The topological polar surface area (TPSA) is 218 Å². The zero-order valence-corrected chi connectivity index (χ0v) is 25.0. The summed E-state index contributed by atoms with van der Waals surface area (Å²) in [5.74, 6) is 0.0749. The number of anilines is 3. The third-order valence-corrected chi connectivity index (χ3v) is 7.54. The van der Waals surface area contributed by atoms with Crippen LogP contribution in [-0.4, -0.2) is 44.2 Å². The van der Waals surface area contributed by atoms with E-state index in [-0.39, 0.29) is 38.6 Å². The molecule has 5 N–H and O–H groups in total. The maximum absolute atomic E-state index is 13.5. The summed E-state index contributed by atoms with van der Waals surface area (Å²) >= 11 is 0.439. The van der Waals surface area contributed by atoms with Gasteiger partial charge in [0, 0.05) is 16.6 Å². The average molecular weight is 650 g/mol. The summed E-state index contributed by atoms with van der Waals surface area (Å²) in [6.07, 6.45) is 0. The van der Waals surface area contributed by atoms with Crippen molar-refractivity contribution in [1.82, 2.24) is 15.0 Å². The zero-order valence-electron chi connectivity index (χ0n) is 23.4. The van der Waals surface area contributed by atoms with Gasteiger partial charge in [0.2, 0.25) is 5.95 Å². The molecular weight excluding hydrogens is 626 g/mol. The second-order valence-corrected chi connectivity index (χ2v) is 11.5. The highest BCUT2D eigenvalue weighted by molar-refractivity contribution is 7.94. The van der Waals surface area contributed by atoms with Crippen LogP contribution in [0.5, 0.6) is 5.75 Å². The monoisotopic (exact) mass is 649 g/mol. The molecular formula is C28H23N7O8S2. The predicted octanol–water partition coefficient (Wildman–Crippen LogP) is 6.43. The second-order valence-electron chi connectivity index (χ2n) is 9.29. The van der Waals surface area contributed by atoms with Gasteiger partial charge in [-0.3, -0.25) is 9.35 Å². The summed E-state index contributed by atoms with van der Waals surface area (Å²) < 4.78 is 38.7. The number of hydrogen-bond acceptors (Lipinski definition) is 14. The van der Waals surface area contributed by atoms with E-state index in [4.69, 9.17) is 5.26 Å². The van der Waals surface area contributed by atoms with Gasteiger partial charge in [-0.15, -0.1) is 9.45 Å². The molecule has 0 unspecified atom stereocenters. The summed E-state index contributed by atoms with van der Waals surface area (Å²) in [6, 6.07) is 18.3. The van der Waals surface area contributed by atoms with E-state index in [0.29, 0.717) is 35.1 Å². The van der Waals surface area contributed by atoms with Gasteiger partial charge in [-0.05, 0) is 67.8 Å². The normalized spacial score (nSPS) is 11.6. The van der Waals surface area contributed by atoms with E-state index in [1.54, 1.807) is 56.3 Å². The smallest absolute Gasteiger partial charge is 0.294 e. The Morgan fingerprint density at radius 2 is 1.67 bits per heavy atom. The third kappa shape index (κ3) is 7.55. The molecule has 0 saturated heterocycles. The number of phenolic OH excluding ortho intramolecular Hbond substituents is 1. The molecule has 230 valence electrons. The molecule has 45 heavy (non-hydrogen) atoms. The number of aryl methyl sites for hydroxylation is 2. The SMILES string of the molecule is Cc1nc(C)nc(Nc2cccc(C(=O)Nc3cc(S(=O)(=O)O)cc4cc(SOOO)c(N=Nc5ccccc5)c(O)c34)c2)n1. The Bertz CT molecular complexity index is 2020. The van der Waals surface area contributed by atoms with Crippen LogP contribution in [0.2, 0.25) is 0 Å². The summed E-state index contributed by atoms with van der Waals surface area (Å²) in [4.78, 5) is 25.5. The first kappa shape index (κ1) is 31.4. The lowest BCUT2D eigenvalue weighted by Crippen LogP contribution is -2.13. The van der Waals surface area contributed by atoms with E-state index in [0.717, 1.165) is 12.1 Å². The number of rotatable bonds is 10. The minimum Gasteiger partial charge on any atom is -0.505 e. The molecule has 0 aliphatic heterocycles. The van der Waals surface area contributed by atoms with E-state index in [2.05, 4.69) is 45.2 Å². The number of carbonyl (C=O) groups excluding carboxylic acids is 1. The van der Waals surface area contributed by atoms with E-state index < -0.39 is 26.7 Å². The number of benzene rings is 4. The van der Waals surface area contributed by atoms with Crippen molar-refractivity contribution in [3.8, 4) is 5.75 Å². The van der Waals surface area contributed by atoms with Crippen molar-refractivity contribution in [3.63, 3.8) is 0 Å². The van der Waals surface area contributed by atoms with Crippen molar-refractivity contribution in [3.05, 3.63) is 90.0 Å². The van der Waals surface area contributed by atoms with Gasteiger partial charge in [0.25, 0.3) is 16.0 Å². The molecule has 5 aromatic rings. The van der Waals surface area contributed by atoms with Crippen LogP contribution in [0.1, 0.15) is 22.0 Å². The van der Waals surface area contributed by atoms with Gasteiger partial charge in [-0.2, -0.15) is 23.5 Å². The Morgan fingerprint density at radius 3 is 2.36 bits per heavy atom. The number of phenols is 1. The van der Waals surface area contributed by atoms with Crippen molar-refractivity contribution in [2.24, 2.45) is 10.2 Å². The van der Waals surface area contributed by atoms with Crippen LogP contribution in [0.25, 0.3) is 10.8 Å². The molecule has 1 heterocycles. The summed E-state index contributed by atoms with van der Waals surface area (Å²) in [7, 11) is -4.77. The number of nitrogens with zero attached hydrogens (tertiary/aromatic N) is 5. The number of aromatic hydroxyl groups is 1. The number of aromatic nitrogens is 3. The molecule has 0 radical (unpaired) electrons. The summed E-state index contributed by atoms with van der Waals surface area (Å²) in [5.41, 5.74) is 0.744. The Morgan fingerprint density at radius 1 is 0.933 bits per heavy atom. The highest BCUT2D eigenvalue weighted by Gasteiger charge is 2.23. The largest absolute Gasteiger partial charge is 0.505 e. The van der Waals surface area contributed by atoms with Crippen molar-refractivity contribution < 1.29 is 37.5 Å². The number of carbonyl (C=O) groups is 1. The molecule has 17 heteroatoms. The minimum atomic E-state index is -4.77. The molecule has 15 nitrogen and oxygen atoms in total. The van der Waals surface area contributed by atoms with Crippen molar-refractivity contribution in [2.45, 2.75) is 23.6 Å². The van der Waals surface area contributed by atoms with Gasteiger partial charge in [-0.25, -0.2) is 10.2 Å². The van der Waals surface area contributed by atoms with Crippen LogP contribution >= 0.6 is 12.0 Å². The first-order valence-corrected chi connectivity index (χ1v) is 15.0. The van der Waals surface area contributed by atoms with Gasteiger partial charge in [0.15, 0.2) is 5.75 Å². The summed E-state index contributed by atoms with van der Waals surface area (Å²) in [5, 5.41) is 37.7. The lowest BCUT2D eigenvalue weighted by atomic mass is 10.1. The van der Waals surface area contributed by atoms with Gasteiger partial charge in [0.05, 0.1) is 33.2 Å². The maximum atomic E-state index is 13.5. The average Bonchev–Trinajstić information content (AvgIpc) is 2.99. The Hall–Kier alpha value is -5.04. The Balaban J connectivity index is 1.58. The van der Waals surface area contributed by atoms with Crippen LogP contribution in [0.4, 0.5) is 28.7 Å². The van der Waals surface area contributed by atoms with Gasteiger partial charge >= 0.3 is 0 Å². The van der Waals surface area contributed by atoms with E-state index >= 15 is 0 Å². The molecule has 0 bridgehead atoms. The van der Waals surface area contributed by atoms with Gasteiger partial charge < -0.3 is 15.7 Å². The molecule has 0 spiro atoms. The first-order valence-electron chi connectivity index (χ1n) is 12.8. The number of fused-ring (bicyclic) bond motifs is 1. The molecule has 0 fully saturated rings. The first-order chi connectivity index (χ1) is 21.5. The fourth-order valence-corrected chi connectivity index (χ4v) is 5.29. The van der Waals surface area contributed by atoms with E-state index in [1.807, 2.05) is 0 Å². The van der Waals surface area contributed by atoms with Crippen molar-refractivity contribution in [1.29, 1.82) is 0 Å². The number of azo groups is 1. The van der Waals surface area contributed by atoms with Crippen molar-refractivity contribution in [2.75, 3.05) is 10.6 Å². The highest BCUT2D eigenvalue weighted by Crippen LogP contribution is 2.47. The molecule has 4 aromatic carbocycles. The fourth-order valence-electron chi connectivity index (χ4n) is 4.26. The molecule has 1 aromatic heterocycles. The third-order valence-electron chi connectivity index (χ3n) is 6.09. The zero-order chi connectivity index (χ0) is 32.1. The fraction of sp³-hybridized carbons (Fsp3) is 0.0714. The van der Waals surface area contributed by atoms with Crippen molar-refractivity contribution >= 4 is 67.5 Å². The van der Waals surface area contributed by atoms with Crippen LogP contribution in [0, 0.1) is 13.8 Å². The standard InChI is InChI=1S/C28H23N7O8S2/c1-15-29-16(2)31-28(30-15)32-20-10-6-7-17(11-20)27(37)33-22-14-21(45(39,40)41)12-18-13-23(44-43-42-38)25(26(36)24(18)22)35-34-19-8-4-3-5-9-19/h3-14,36,38H,1-2H3,(H,33,37)(H,39,40,41)(H,29,30,31,32). The molecule has 0 saturated carbocycles. The van der Waals surface area contributed by atoms with Crippen LogP contribution in [0.3, 0.4) is 0 Å². The lowest BCUT2D eigenvalue weighted by Gasteiger charge is -2.15.